The van der Waals surface area contributed by atoms with Gasteiger partial charge in [0.2, 0.25) is 4.96 Å². The molecule has 82 valence electrons. The zero-order chi connectivity index (χ0) is 11.2. The molecule has 0 aliphatic carbocycles. The van der Waals surface area contributed by atoms with E-state index >= 15 is 0 Å². The standard InChI is InChI=1S/C9H12IN3OS/c1-5-6(10)13-8(11-5)15-7(12-13)9(2,3)14-4/h1-4H3. The Hall–Kier alpha value is -0.210. The third-order valence-electron chi connectivity index (χ3n) is 2.33. The third-order valence-corrected chi connectivity index (χ3v) is 4.78. The van der Waals surface area contributed by atoms with E-state index in [0.717, 1.165) is 19.4 Å². The Balaban J connectivity index is 2.58. The normalized spacial score (nSPS) is 12.6. The van der Waals surface area contributed by atoms with E-state index in [-0.39, 0.29) is 5.60 Å². The zero-order valence-electron chi connectivity index (χ0n) is 9.04. The van der Waals surface area contributed by atoms with Crippen LogP contribution in [0.5, 0.6) is 0 Å². The smallest absolute Gasteiger partial charge is 0.213 e. The lowest BCUT2D eigenvalue weighted by Crippen LogP contribution is -2.19. The molecule has 0 aliphatic rings. The van der Waals surface area contributed by atoms with Crippen LogP contribution in [0.2, 0.25) is 0 Å². The van der Waals surface area contributed by atoms with Crippen molar-refractivity contribution in [2.45, 2.75) is 26.4 Å². The second-order valence-corrected chi connectivity index (χ2v) is 5.78. The van der Waals surface area contributed by atoms with Crippen molar-refractivity contribution in [3.63, 3.8) is 0 Å². The summed E-state index contributed by atoms with van der Waals surface area (Å²) in [6, 6.07) is 0. The summed E-state index contributed by atoms with van der Waals surface area (Å²) in [7, 11) is 1.69. The molecule has 0 aliphatic heterocycles. The van der Waals surface area contributed by atoms with Crippen LogP contribution in [0.15, 0.2) is 0 Å². The van der Waals surface area contributed by atoms with Crippen LogP contribution >= 0.6 is 33.9 Å². The van der Waals surface area contributed by atoms with Crippen molar-refractivity contribution >= 4 is 38.9 Å². The molecule has 0 amide bonds. The van der Waals surface area contributed by atoms with E-state index in [0.29, 0.717) is 0 Å². The van der Waals surface area contributed by atoms with Crippen molar-refractivity contribution in [3.05, 3.63) is 14.4 Å². The lowest BCUT2D eigenvalue weighted by molar-refractivity contribution is 0.0183. The number of ether oxygens (including phenoxy) is 1. The van der Waals surface area contributed by atoms with E-state index in [4.69, 9.17) is 4.74 Å². The minimum atomic E-state index is -0.345. The van der Waals surface area contributed by atoms with E-state index in [1.54, 1.807) is 18.4 Å². The van der Waals surface area contributed by atoms with Crippen LogP contribution in [0.3, 0.4) is 0 Å². The summed E-state index contributed by atoms with van der Waals surface area (Å²) >= 11 is 3.83. The molecule has 0 atom stereocenters. The van der Waals surface area contributed by atoms with Crippen LogP contribution in [0, 0.1) is 10.6 Å². The number of aryl methyl sites for hydroxylation is 1. The molecule has 0 bridgehead atoms. The summed E-state index contributed by atoms with van der Waals surface area (Å²) in [4.78, 5) is 5.36. The summed E-state index contributed by atoms with van der Waals surface area (Å²) in [6.07, 6.45) is 0. The Morgan fingerprint density at radius 1 is 1.47 bits per heavy atom. The molecule has 15 heavy (non-hydrogen) atoms. The van der Waals surface area contributed by atoms with Gasteiger partial charge in [-0.1, -0.05) is 11.3 Å². The number of hydrogen-bond donors (Lipinski definition) is 0. The van der Waals surface area contributed by atoms with Gasteiger partial charge in [-0.15, -0.1) is 0 Å². The molecule has 0 aromatic carbocycles. The SMILES string of the molecule is COC(C)(C)c1nn2c(I)c(C)nc2s1. The number of nitrogens with zero attached hydrogens (tertiary/aromatic N) is 3. The number of fused-ring (bicyclic) bond motifs is 1. The Morgan fingerprint density at radius 3 is 2.67 bits per heavy atom. The molecule has 2 rings (SSSR count). The van der Waals surface area contributed by atoms with Gasteiger partial charge >= 0.3 is 0 Å². The van der Waals surface area contributed by atoms with Crippen molar-refractivity contribution in [3.8, 4) is 0 Å². The first-order valence-electron chi connectivity index (χ1n) is 4.53. The molecule has 0 unspecified atom stereocenters. The Kier molecular flexibility index (Phi) is 2.76. The maximum Gasteiger partial charge on any atom is 0.213 e. The summed E-state index contributed by atoms with van der Waals surface area (Å²) in [6.45, 7) is 6.00. The highest BCUT2D eigenvalue weighted by Gasteiger charge is 2.25. The Bertz CT molecular complexity index is 503. The second kappa shape index (κ2) is 3.67. The van der Waals surface area contributed by atoms with Crippen LogP contribution in [0.25, 0.3) is 4.96 Å². The lowest BCUT2D eigenvalue weighted by Gasteiger charge is -2.18. The van der Waals surface area contributed by atoms with E-state index in [1.165, 1.54) is 0 Å². The maximum absolute atomic E-state index is 5.40. The maximum atomic E-state index is 5.40. The van der Waals surface area contributed by atoms with Crippen LogP contribution in [-0.2, 0) is 10.3 Å². The molecule has 4 nitrogen and oxygen atoms in total. The number of halogens is 1. The van der Waals surface area contributed by atoms with Gasteiger partial charge in [0.1, 0.15) is 14.3 Å². The number of imidazole rings is 1. The molecule has 6 heteroatoms. The molecule has 0 saturated carbocycles. The van der Waals surface area contributed by atoms with E-state index in [2.05, 4.69) is 32.7 Å². The first kappa shape index (κ1) is 11.3. The average molecular weight is 337 g/mol. The molecule has 2 heterocycles. The first-order chi connectivity index (χ1) is 6.95. The van der Waals surface area contributed by atoms with Gasteiger partial charge in [-0.25, -0.2) is 4.98 Å². The number of aromatic nitrogens is 3. The lowest BCUT2D eigenvalue weighted by atomic mass is 10.1. The van der Waals surface area contributed by atoms with Gasteiger partial charge in [0, 0.05) is 7.11 Å². The summed E-state index contributed by atoms with van der Waals surface area (Å²) in [5.41, 5.74) is 0.679. The highest BCUT2D eigenvalue weighted by atomic mass is 127. The summed E-state index contributed by atoms with van der Waals surface area (Å²) < 4.78 is 8.34. The number of methoxy groups -OCH3 is 1. The van der Waals surface area contributed by atoms with Crippen LogP contribution < -0.4 is 0 Å². The highest BCUT2D eigenvalue weighted by molar-refractivity contribution is 14.1. The third kappa shape index (κ3) is 1.78. The van der Waals surface area contributed by atoms with E-state index in [9.17, 15) is 0 Å². The van der Waals surface area contributed by atoms with Gasteiger partial charge in [0.05, 0.1) is 5.69 Å². The van der Waals surface area contributed by atoms with Crippen molar-refractivity contribution in [2.24, 2.45) is 0 Å². The largest absolute Gasteiger partial charge is 0.372 e. The fourth-order valence-corrected chi connectivity index (χ4v) is 2.80. The number of hydrogen-bond acceptors (Lipinski definition) is 4. The zero-order valence-corrected chi connectivity index (χ0v) is 12.0. The molecule has 0 saturated heterocycles. The minimum Gasteiger partial charge on any atom is -0.372 e. The quantitative estimate of drug-likeness (QED) is 0.791. The fourth-order valence-electron chi connectivity index (χ4n) is 1.16. The van der Waals surface area contributed by atoms with Gasteiger partial charge in [0.25, 0.3) is 0 Å². The van der Waals surface area contributed by atoms with E-state index < -0.39 is 0 Å². The predicted molar refractivity (Wildman–Crippen MR) is 68.4 cm³/mol. The molecule has 2 aromatic heterocycles. The molecular weight excluding hydrogens is 325 g/mol. The molecule has 2 aromatic rings. The minimum absolute atomic E-state index is 0.345. The molecule has 0 radical (unpaired) electrons. The van der Waals surface area contributed by atoms with Crippen molar-refractivity contribution in [1.29, 1.82) is 0 Å². The Labute approximate surface area is 106 Å². The van der Waals surface area contributed by atoms with Crippen molar-refractivity contribution in [1.82, 2.24) is 14.6 Å². The predicted octanol–water partition coefficient (Wildman–Crippen LogP) is 2.59. The monoisotopic (exact) mass is 337 g/mol. The van der Waals surface area contributed by atoms with Gasteiger partial charge in [-0.3, -0.25) is 0 Å². The molecular formula is C9H12IN3OS. The van der Waals surface area contributed by atoms with Crippen LogP contribution in [0.1, 0.15) is 24.5 Å². The number of rotatable bonds is 2. The van der Waals surface area contributed by atoms with Crippen LogP contribution in [0.4, 0.5) is 0 Å². The van der Waals surface area contributed by atoms with Gasteiger partial charge in [-0.05, 0) is 43.4 Å². The second-order valence-electron chi connectivity index (χ2n) is 3.80. The van der Waals surface area contributed by atoms with Gasteiger partial charge in [0.15, 0.2) is 0 Å². The molecule has 0 fully saturated rings. The summed E-state index contributed by atoms with van der Waals surface area (Å²) in [5.74, 6) is 0. The van der Waals surface area contributed by atoms with E-state index in [1.807, 2.05) is 25.3 Å². The molecule has 0 N–H and O–H groups in total. The highest BCUT2D eigenvalue weighted by Crippen LogP contribution is 2.29. The molecule has 0 spiro atoms. The van der Waals surface area contributed by atoms with Gasteiger partial charge < -0.3 is 4.74 Å². The van der Waals surface area contributed by atoms with Crippen molar-refractivity contribution < 1.29 is 4.74 Å². The van der Waals surface area contributed by atoms with Crippen molar-refractivity contribution in [2.75, 3.05) is 7.11 Å². The summed E-state index contributed by atoms with van der Waals surface area (Å²) in [5, 5.41) is 5.47. The topological polar surface area (TPSA) is 39.4 Å². The van der Waals surface area contributed by atoms with Gasteiger partial charge in [-0.2, -0.15) is 9.61 Å². The fraction of sp³-hybridized carbons (Fsp3) is 0.556. The average Bonchev–Trinajstić information content (AvgIpc) is 2.69. The Morgan fingerprint density at radius 2 is 2.13 bits per heavy atom. The van der Waals surface area contributed by atoms with Crippen LogP contribution in [-0.4, -0.2) is 21.7 Å². The first-order valence-corrected chi connectivity index (χ1v) is 6.42.